The number of nitrogens with one attached hydrogen (secondary N) is 1. The number of carbonyl (C=O) groups excluding carboxylic acids is 1. The third-order valence-corrected chi connectivity index (χ3v) is 3.96. The van der Waals surface area contributed by atoms with E-state index in [1.54, 1.807) is 0 Å². The monoisotopic (exact) mass is 258 g/mol. The van der Waals surface area contributed by atoms with E-state index in [1.165, 1.54) is 0 Å². The van der Waals surface area contributed by atoms with Gasteiger partial charge < -0.3 is 15.0 Å². The van der Waals surface area contributed by atoms with Gasteiger partial charge in [-0.05, 0) is 54.6 Å². The maximum absolute atomic E-state index is 12.0. The van der Waals surface area contributed by atoms with Gasteiger partial charge in [-0.2, -0.15) is 0 Å². The van der Waals surface area contributed by atoms with E-state index in [0.717, 1.165) is 12.8 Å². The predicted octanol–water partition coefficient (Wildman–Crippen LogP) is 2.04. The van der Waals surface area contributed by atoms with Crippen LogP contribution in [0.3, 0.4) is 0 Å². The zero-order valence-electron chi connectivity index (χ0n) is 13.0. The van der Waals surface area contributed by atoms with Crippen molar-refractivity contribution in [2.24, 2.45) is 0 Å². The van der Waals surface area contributed by atoms with Crippen molar-refractivity contribution in [1.82, 2.24) is 10.2 Å². The zero-order valence-corrected chi connectivity index (χ0v) is 13.0. The van der Waals surface area contributed by atoms with Gasteiger partial charge in [0.25, 0.3) is 0 Å². The summed E-state index contributed by atoms with van der Waals surface area (Å²) in [6.45, 7) is 10.7. The van der Waals surface area contributed by atoms with Crippen LogP contribution < -0.4 is 5.32 Å². The molecule has 0 aliphatic heterocycles. The minimum absolute atomic E-state index is 0.170. The van der Waals surface area contributed by atoms with Gasteiger partial charge in [0.15, 0.2) is 0 Å². The molecule has 4 heteroatoms. The summed E-state index contributed by atoms with van der Waals surface area (Å²) in [5.41, 5.74) is -0.614. The standard InChI is InChI=1S/C14H30N2O2/c1-8-11(3)16(7)12(4)10-14(5,15-6)13(17)18-9-2/h11-12,15H,8-10H2,1-7H3. The number of likely N-dealkylation sites (N-methyl/N-ethyl adjacent to an activating group) is 1. The van der Waals surface area contributed by atoms with Crippen molar-refractivity contribution in [1.29, 1.82) is 0 Å². The highest BCUT2D eigenvalue weighted by Gasteiger charge is 2.35. The average molecular weight is 258 g/mol. The molecular weight excluding hydrogens is 228 g/mol. The van der Waals surface area contributed by atoms with Crippen LogP contribution in [0.25, 0.3) is 0 Å². The molecule has 18 heavy (non-hydrogen) atoms. The molecule has 0 heterocycles. The van der Waals surface area contributed by atoms with Crippen LogP contribution in [-0.4, -0.2) is 49.2 Å². The molecular formula is C14H30N2O2. The molecule has 0 amide bonds. The number of nitrogens with zero attached hydrogens (tertiary/aromatic N) is 1. The second kappa shape index (κ2) is 7.74. The predicted molar refractivity (Wildman–Crippen MR) is 75.7 cm³/mol. The minimum Gasteiger partial charge on any atom is -0.465 e. The van der Waals surface area contributed by atoms with E-state index in [2.05, 4.69) is 38.0 Å². The summed E-state index contributed by atoms with van der Waals surface area (Å²) in [6.07, 6.45) is 1.85. The molecule has 0 aliphatic carbocycles. The molecule has 0 saturated heterocycles. The van der Waals surface area contributed by atoms with E-state index >= 15 is 0 Å². The van der Waals surface area contributed by atoms with Gasteiger partial charge in [-0.15, -0.1) is 0 Å². The van der Waals surface area contributed by atoms with Gasteiger partial charge in [0, 0.05) is 12.1 Å². The number of hydrogen-bond acceptors (Lipinski definition) is 4. The SMILES string of the molecule is CCOC(=O)C(C)(CC(C)N(C)C(C)CC)NC. The number of esters is 1. The highest BCUT2D eigenvalue weighted by atomic mass is 16.5. The van der Waals surface area contributed by atoms with Crippen LogP contribution in [0.5, 0.6) is 0 Å². The van der Waals surface area contributed by atoms with Crippen molar-refractivity contribution >= 4 is 5.97 Å². The van der Waals surface area contributed by atoms with Crippen molar-refractivity contribution in [3.8, 4) is 0 Å². The smallest absolute Gasteiger partial charge is 0.326 e. The molecule has 0 fully saturated rings. The van der Waals surface area contributed by atoms with Gasteiger partial charge in [-0.3, -0.25) is 4.79 Å². The second-order valence-electron chi connectivity index (χ2n) is 5.28. The molecule has 4 nitrogen and oxygen atoms in total. The lowest BCUT2D eigenvalue weighted by Gasteiger charge is -2.36. The number of rotatable bonds is 8. The fourth-order valence-electron chi connectivity index (χ4n) is 2.04. The molecule has 0 aromatic carbocycles. The lowest BCUT2D eigenvalue weighted by Crippen LogP contribution is -2.53. The number of carbonyl (C=O) groups is 1. The van der Waals surface area contributed by atoms with Crippen LogP contribution in [-0.2, 0) is 9.53 Å². The molecule has 0 rings (SSSR count). The molecule has 0 spiro atoms. The summed E-state index contributed by atoms with van der Waals surface area (Å²) in [4.78, 5) is 14.3. The Hall–Kier alpha value is -0.610. The Kier molecular flexibility index (Phi) is 7.48. The van der Waals surface area contributed by atoms with E-state index in [9.17, 15) is 4.79 Å². The quantitative estimate of drug-likeness (QED) is 0.677. The number of ether oxygens (including phenoxy) is 1. The maximum Gasteiger partial charge on any atom is 0.326 e. The molecule has 1 N–H and O–H groups in total. The molecule has 0 bridgehead atoms. The molecule has 0 aromatic rings. The molecule has 0 saturated carbocycles. The number of hydrogen-bond donors (Lipinski definition) is 1. The summed E-state index contributed by atoms with van der Waals surface area (Å²) >= 11 is 0. The Morgan fingerprint density at radius 3 is 2.28 bits per heavy atom. The van der Waals surface area contributed by atoms with Crippen LogP contribution in [0.2, 0.25) is 0 Å². The summed E-state index contributed by atoms with van der Waals surface area (Å²) in [7, 11) is 3.92. The topological polar surface area (TPSA) is 41.6 Å². The fraction of sp³-hybridized carbons (Fsp3) is 0.929. The van der Waals surface area contributed by atoms with E-state index in [0.29, 0.717) is 18.7 Å². The third-order valence-electron chi connectivity index (χ3n) is 3.96. The van der Waals surface area contributed by atoms with Crippen molar-refractivity contribution in [2.75, 3.05) is 20.7 Å². The highest BCUT2D eigenvalue weighted by molar-refractivity contribution is 5.80. The summed E-state index contributed by atoms with van der Waals surface area (Å²) in [5.74, 6) is -0.170. The third kappa shape index (κ3) is 4.58. The van der Waals surface area contributed by atoms with Gasteiger partial charge in [-0.1, -0.05) is 6.92 Å². The summed E-state index contributed by atoms with van der Waals surface area (Å²) < 4.78 is 5.15. The van der Waals surface area contributed by atoms with Crippen LogP contribution >= 0.6 is 0 Å². The first-order valence-electron chi connectivity index (χ1n) is 6.90. The molecule has 0 aromatic heterocycles. The Bertz CT molecular complexity index is 258. The molecule has 0 radical (unpaired) electrons. The first kappa shape index (κ1) is 17.4. The zero-order chi connectivity index (χ0) is 14.3. The van der Waals surface area contributed by atoms with Crippen LogP contribution in [0.15, 0.2) is 0 Å². The van der Waals surface area contributed by atoms with E-state index < -0.39 is 5.54 Å². The van der Waals surface area contributed by atoms with Crippen LogP contribution in [0, 0.1) is 0 Å². The summed E-state index contributed by atoms with van der Waals surface area (Å²) in [6, 6.07) is 0.838. The van der Waals surface area contributed by atoms with Crippen molar-refractivity contribution < 1.29 is 9.53 Å². The molecule has 3 unspecified atom stereocenters. The van der Waals surface area contributed by atoms with Gasteiger partial charge in [0.2, 0.25) is 0 Å². The second-order valence-corrected chi connectivity index (χ2v) is 5.28. The van der Waals surface area contributed by atoms with E-state index in [1.807, 2.05) is 20.9 Å². The highest BCUT2D eigenvalue weighted by Crippen LogP contribution is 2.19. The Labute approximate surface area is 112 Å². The maximum atomic E-state index is 12.0. The summed E-state index contributed by atoms with van der Waals surface area (Å²) in [5, 5.41) is 3.10. The molecule has 0 aliphatic rings. The average Bonchev–Trinajstić information content (AvgIpc) is 2.36. The van der Waals surface area contributed by atoms with Gasteiger partial charge in [-0.25, -0.2) is 0 Å². The van der Waals surface area contributed by atoms with Gasteiger partial charge in [0.1, 0.15) is 5.54 Å². The first-order chi connectivity index (χ1) is 8.32. The van der Waals surface area contributed by atoms with Crippen LogP contribution in [0.4, 0.5) is 0 Å². The van der Waals surface area contributed by atoms with Gasteiger partial charge >= 0.3 is 5.97 Å². The molecule has 3 atom stereocenters. The fourth-order valence-corrected chi connectivity index (χ4v) is 2.04. The lowest BCUT2D eigenvalue weighted by molar-refractivity contribution is -0.151. The lowest BCUT2D eigenvalue weighted by atomic mass is 9.92. The van der Waals surface area contributed by atoms with Crippen molar-refractivity contribution in [3.63, 3.8) is 0 Å². The normalized spacial score (nSPS) is 18.2. The first-order valence-corrected chi connectivity index (χ1v) is 6.90. The van der Waals surface area contributed by atoms with Crippen molar-refractivity contribution in [3.05, 3.63) is 0 Å². The molecule has 108 valence electrons. The Balaban J connectivity index is 4.65. The van der Waals surface area contributed by atoms with Crippen LogP contribution in [0.1, 0.15) is 47.5 Å². The van der Waals surface area contributed by atoms with Crippen molar-refractivity contribution in [2.45, 2.75) is 65.1 Å². The van der Waals surface area contributed by atoms with E-state index in [-0.39, 0.29) is 5.97 Å². The minimum atomic E-state index is -0.614. The van der Waals surface area contributed by atoms with E-state index in [4.69, 9.17) is 4.74 Å². The Morgan fingerprint density at radius 1 is 1.33 bits per heavy atom. The Morgan fingerprint density at radius 2 is 1.89 bits per heavy atom. The largest absolute Gasteiger partial charge is 0.465 e. The van der Waals surface area contributed by atoms with Gasteiger partial charge in [0.05, 0.1) is 6.61 Å².